The molecule has 0 aromatic carbocycles. The summed E-state index contributed by atoms with van der Waals surface area (Å²) in [7, 11) is 4.43. The average Bonchev–Trinajstić information content (AvgIpc) is 2.61. The van der Waals surface area contributed by atoms with Gasteiger partial charge in [-0.1, -0.05) is 6.42 Å². The molecule has 6 heteroatoms. The van der Waals surface area contributed by atoms with Crippen molar-refractivity contribution in [1.29, 1.82) is 0 Å². The Morgan fingerprint density at radius 3 is 2.44 bits per heavy atom. The summed E-state index contributed by atoms with van der Waals surface area (Å²) in [5, 5.41) is 6.98. The van der Waals surface area contributed by atoms with Gasteiger partial charge in [-0.25, -0.2) is 0 Å². The number of nitrogens with one attached hydrogen (secondary N) is 2. The second-order valence-corrected chi connectivity index (χ2v) is 8.33. The van der Waals surface area contributed by atoms with Gasteiger partial charge < -0.3 is 15.5 Å². The first kappa shape index (κ1) is 20.5. The molecule has 0 amide bonds. The SMILES string of the molecule is CCNC(=NCC(C)(C)N1CCCCC1)NCC1CN(C)CCN1C. The maximum atomic E-state index is 4.91. The van der Waals surface area contributed by atoms with Gasteiger partial charge in [-0.05, 0) is 60.8 Å². The van der Waals surface area contributed by atoms with Crippen LogP contribution in [-0.2, 0) is 0 Å². The molecule has 2 saturated heterocycles. The van der Waals surface area contributed by atoms with Gasteiger partial charge in [0, 0.05) is 44.3 Å². The summed E-state index contributed by atoms with van der Waals surface area (Å²) in [5.41, 5.74) is 0.130. The Morgan fingerprint density at radius 1 is 1.04 bits per heavy atom. The van der Waals surface area contributed by atoms with Crippen LogP contribution in [0.15, 0.2) is 4.99 Å². The first-order valence-electron chi connectivity index (χ1n) is 10.1. The highest BCUT2D eigenvalue weighted by Crippen LogP contribution is 2.20. The summed E-state index contributed by atoms with van der Waals surface area (Å²) >= 11 is 0. The highest BCUT2D eigenvalue weighted by molar-refractivity contribution is 5.79. The van der Waals surface area contributed by atoms with Crippen molar-refractivity contribution in [3.8, 4) is 0 Å². The van der Waals surface area contributed by atoms with Crippen LogP contribution in [0.3, 0.4) is 0 Å². The largest absolute Gasteiger partial charge is 0.357 e. The number of rotatable bonds is 6. The minimum absolute atomic E-state index is 0.130. The third-order valence-corrected chi connectivity index (χ3v) is 5.67. The van der Waals surface area contributed by atoms with Crippen LogP contribution in [0, 0.1) is 0 Å². The second-order valence-electron chi connectivity index (χ2n) is 8.33. The molecule has 1 unspecified atom stereocenters. The molecular weight excluding hydrogens is 312 g/mol. The smallest absolute Gasteiger partial charge is 0.191 e. The standard InChI is InChI=1S/C19H40N6/c1-6-20-18(21-14-17-15-23(4)12-13-24(17)5)22-16-19(2,3)25-10-8-7-9-11-25/h17H,6-16H2,1-5H3,(H2,20,21,22). The number of likely N-dealkylation sites (N-methyl/N-ethyl adjacent to an activating group) is 2. The first-order chi connectivity index (χ1) is 11.9. The van der Waals surface area contributed by atoms with Crippen LogP contribution >= 0.6 is 0 Å². The highest BCUT2D eigenvalue weighted by Gasteiger charge is 2.28. The number of hydrogen-bond acceptors (Lipinski definition) is 4. The van der Waals surface area contributed by atoms with E-state index in [4.69, 9.17) is 4.99 Å². The Labute approximate surface area is 155 Å². The fourth-order valence-corrected chi connectivity index (χ4v) is 3.75. The van der Waals surface area contributed by atoms with Gasteiger partial charge in [0.2, 0.25) is 0 Å². The summed E-state index contributed by atoms with van der Waals surface area (Å²) in [6.45, 7) is 15.3. The number of nitrogens with zero attached hydrogens (tertiary/aromatic N) is 4. The monoisotopic (exact) mass is 352 g/mol. The van der Waals surface area contributed by atoms with E-state index in [-0.39, 0.29) is 5.54 Å². The van der Waals surface area contributed by atoms with Crippen molar-refractivity contribution in [2.75, 3.05) is 66.5 Å². The Hall–Kier alpha value is -0.850. The van der Waals surface area contributed by atoms with Gasteiger partial charge in [-0.15, -0.1) is 0 Å². The molecule has 25 heavy (non-hydrogen) atoms. The van der Waals surface area contributed by atoms with E-state index in [2.05, 4.69) is 60.2 Å². The third-order valence-electron chi connectivity index (χ3n) is 5.67. The number of likely N-dealkylation sites (tertiary alicyclic amines) is 1. The number of aliphatic imine (C=N–C) groups is 1. The zero-order chi connectivity index (χ0) is 18.3. The molecule has 0 aliphatic carbocycles. The molecule has 146 valence electrons. The molecule has 2 N–H and O–H groups in total. The molecule has 0 radical (unpaired) electrons. The highest BCUT2D eigenvalue weighted by atomic mass is 15.3. The molecule has 0 bridgehead atoms. The van der Waals surface area contributed by atoms with Crippen LogP contribution < -0.4 is 10.6 Å². The molecule has 0 aromatic rings. The van der Waals surface area contributed by atoms with E-state index < -0.39 is 0 Å². The van der Waals surface area contributed by atoms with E-state index in [0.717, 1.165) is 45.2 Å². The molecule has 2 rings (SSSR count). The molecule has 0 saturated carbocycles. The van der Waals surface area contributed by atoms with E-state index in [1.807, 2.05) is 0 Å². The van der Waals surface area contributed by atoms with Crippen LogP contribution in [0.2, 0.25) is 0 Å². The number of guanidine groups is 1. The molecule has 2 aliphatic rings. The number of piperidine rings is 1. The lowest BCUT2D eigenvalue weighted by Gasteiger charge is -2.40. The van der Waals surface area contributed by atoms with Crippen molar-refractivity contribution in [1.82, 2.24) is 25.3 Å². The predicted octanol–water partition coefficient (Wildman–Crippen LogP) is 1.05. The number of piperazine rings is 1. The summed E-state index contributed by atoms with van der Waals surface area (Å²) in [6, 6.07) is 0.540. The Kier molecular flexibility index (Phi) is 7.97. The van der Waals surface area contributed by atoms with Crippen molar-refractivity contribution in [2.45, 2.75) is 51.6 Å². The minimum Gasteiger partial charge on any atom is -0.357 e. The van der Waals surface area contributed by atoms with Crippen molar-refractivity contribution < 1.29 is 0 Å². The molecule has 2 heterocycles. The van der Waals surface area contributed by atoms with Crippen molar-refractivity contribution >= 4 is 5.96 Å². The van der Waals surface area contributed by atoms with Crippen LogP contribution in [0.1, 0.15) is 40.0 Å². The minimum atomic E-state index is 0.130. The van der Waals surface area contributed by atoms with E-state index in [0.29, 0.717) is 6.04 Å². The maximum absolute atomic E-state index is 4.91. The maximum Gasteiger partial charge on any atom is 0.191 e. The first-order valence-corrected chi connectivity index (χ1v) is 10.1. The zero-order valence-corrected chi connectivity index (χ0v) is 17.1. The van der Waals surface area contributed by atoms with Gasteiger partial charge in [0.05, 0.1) is 6.54 Å². The molecule has 0 spiro atoms. The Balaban J connectivity index is 1.88. The van der Waals surface area contributed by atoms with Gasteiger partial charge >= 0.3 is 0 Å². The predicted molar refractivity (Wildman–Crippen MR) is 107 cm³/mol. The lowest BCUT2D eigenvalue weighted by atomic mass is 9.99. The fraction of sp³-hybridized carbons (Fsp3) is 0.947. The average molecular weight is 353 g/mol. The summed E-state index contributed by atoms with van der Waals surface area (Å²) in [4.78, 5) is 12.4. The normalized spacial score (nSPS) is 25.2. The van der Waals surface area contributed by atoms with E-state index in [1.165, 1.54) is 32.4 Å². The van der Waals surface area contributed by atoms with Crippen molar-refractivity contribution in [3.05, 3.63) is 0 Å². The molecule has 2 fully saturated rings. The summed E-state index contributed by atoms with van der Waals surface area (Å²) in [5.74, 6) is 0.953. The molecular formula is C19H40N6. The van der Waals surface area contributed by atoms with Gasteiger partial charge in [0.15, 0.2) is 5.96 Å². The van der Waals surface area contributed by atoms with Crippen LogP contribution in [0.25, 0.3) is 0 Å². The quantitative estimate of drug-likeness (QED) is 0.553. The van der Waals surface area contributed by atoms with Crippen LogP contribution in [-0.4, -0.2) is 98.7 Å². The zero-order valence-electron chi connectivity index (χ0n) is 17.1. The fourth-order valence-electron chi connectivity index (χ4n) is 3.75. The Morgan fingerprint density at radius 2 is 1.76 bits per heavy atom. The van der Waals surface area contributed by atoms with Crippen LogP contribution in [0.4, 0.5) is 0 Å². The number of hydrogen-bond donors (Lipinski definition) is 2. The van der Waals surface area contributed by atoms with Gasteiger partial charge in [-0.3, -0.25) is 14.8 Å². The van der Waals surface area contributed by atoms with E-state index >= 15 is 0 Å². The van der Waals surface area contributed by atoms with E-state index in [1.54, 1.807) is 0 Å². The van der Waals surface area contributed by atoms with Gasteiger partial charge in [0.1, 0.15) is 0 Å². The topological polar surface area (TPSA) is 46.1 Å². The third kappa shape index (κ3) is 6.42. The second kappa shape index (κ2) is 9.74. The summed E-state index contributed by atoms with van der Waals surface area (Å²) in [6.07, 6.45) is 4.03. The molecule has 6 nitrogen and oxygen atoms in total. The lowest BCUT2D eigenvalue weighted by Crippen LogP contribution is -2.55. The van der Waals surface area contributed by atoms with Crippen LogP contribution in [0.5, 0.6) is 0 Å². The molecule has 1 atom stereocenters. The molecule has 2 aliphatic heterocycles. The van der Waals surface area contributed by atoms with Gasteiger partial charge in [0.25, 0.3) is 0 Å². The van der Waals surface area contributed by atoms with Crippen molar-refractivity contribution in [3.63, 3.8) is 0 Å². The van der Waals surface area contributed by atoms with E-state index in [9.17, 15) is 0 Å². The Bertz CT molecular complexity index is 416. The van der Waals surface area contributed by atoms with Gasteiger partial charge in [-0.2, -0.15) is 0 Å². The lowest BCUT2D eigenvalue weighted by molar-refractivity contribution is 0.102. The summed E-state index contributed by atoms with van der Waals surface area (Å²) < 4.78 is 0. The van der Waals surface area contributed by atoms with Crippen molar-refractivity contribution in [2.24, 2.45) is 4.99 Å². The molecule has 0 aromatic heterocycles.